The predicted octanol–water partition coefficient (Wildman–Crippen LogP) is 10.3. The molecule has 0 radical (unpaired) electrons. The zero-order valence-electron chi connectivity index (χ0n) is 20.4. The number of halogens is 1. The van der Waals surface area contributed by atoms with Crippen LogP contribution in [0.25, 0.3) is 74.5 Å². The predicted molar refractivity (Wildman–Crippen MR) is 167 cm³/mol. The molecule has 0 saturated carbocycles. The maximum atomic E-state index is 7.16. The Kier molecular flexibility index (Phi) is 5.23. The van der Waals surface area contributed by atoms with Crippen LogP contribution in [-0.2, 0) is 0 Å². The van der Waals surface area contributed by atoms with Gasteiger partial charge in [-0.1, -0.05) is 90.5 Å². The molecular formula is C33H18ClN3S2. The highest BCUT2D eigenvalue weighted by atomic mass is 35.5. The van der Waals surface area contributed by atoms with Crippen molar-refractivity contribution >= 4 is 74.6 Å². The highest BCUT2D eigenvalue weighted by molar-refractivity contribution is 7.26. The van der Waals surface area contributed by atoms with E-state index in [0.717, 1.165) is 32.2 Å². The number of fused-ring (bicyclic) bond motifs is 6. The zero-order chi connectivity index (χ0) is 25.9. The van der Waals surface area contributed by atoms with Gasteiger partial charge in [0.25, 0.3) is 0 Å². The molecule has 8 rings (SSSR count). The highest BCUT2D eigenvalue weighted by Crippen LogP contribution is 2.43. The molecule has 0 bridgehead atoms. The average molecular weight is 556 g/mol. The molecule has 0 atom stereocenters. The molecule has 39 heavy (non-hydrogen) atoms. The largest absolute Gasteiger partial charge is 0.208 e. The molecule has 3 aromatic heterocycles. The minimum Gasteiger partial charge on any atom is -0.208 e. The van der Waals surface area contributed by atoms with Crippen molar-refractivity contribution < 1.29 is 0 Å². The van der Waals surface area contributed by atoms with Crippen molar-refractivity contribution in [3.05, 3.63) is 114 Å². The summed E-state index contributed by atoms with van der Waals surface area (Å²) in [5.41, 5.74) is 2.72. The van der Waals surface area contributed by atoms with Crippen molar-refractivity contribution in [2.24, 2.45) is 0 Å². The van der Waals surface area contributed by atoms with Gasteiger partial charge in [0.05, 0.1) is 5.02 Å². The lowest BCUT2D eigenvalue weighted by molar-refractivity contribution is 1.08. The second-order valence-corrected chi connectivity index (χ2v) is 11.9. The van der Waals surface area contributed by atoms with Crippen LogP contribution in [0.15, 0.2) is 109 Å². The summed E-state index contributed by atoms with van der Waals surface area (Å²) < 4.78 is 4.82. The first-order chi connectivity index (χ1) is 19.2. The van der Waals surface area contributed by atoms with Gasteiger partial charge in [0.2, 0.25) is 0 Å². The molecule has 0 spiro atoms. The lowest BCUT2D eigenvalue weighted by Crippen LogP contribution is -2.00. The Morgan fingerprint density at radius 3 is 1.74 bits per heavy atom. The van der Waals surface area contributed by atoms with Crippen LogP contribution in [0.3, 0.4) is 0 Å². The first-order valence-corrected chi connectivity index (χ1v) is 14.6. The smallest absolute Gasteiger partial charge is 0.165 e. The molecule has 6 heteroatoms. The van der Waals surface area contributed by atoms with Crippen molar-refractivity contribution in [1.29, 1.82) is 0 Å². The van der Waals surface area contributed by atoms with Gasteiger partial charge in [-0.3, -0.25) is 0 Å². The van der Waals surface area contributed by atoms with Gasteiger partial charge in [0.1, 0.15) is 0 Å². The van der Waals surface area contributed by atoms with Crippen LogP contribution in [-0.4, -0.2) is 15.0 Å². The van der Waals surface area contributed by atoms with Crippen molar-refractivity contribution in [2.75, 3.05) is 0 Å². The van der Waals surface area contributed by atoms with E-state index in [9.17, 15) is 0 Å². The lowest BCUT2D eigenvalue weighted by Gasteiger charge is -2.11. The summed E-state index contributed by atoms with van der Waals surface area (Å²) in [5, 5.41) is 5.24. The van der Waals surface area contributed by atoms with Crippen LogP contribution in [0.5, 0.6) is 0 Å². The summed E-state index contributed by atoms with van der Waals surface area (Å²) in [5.74, 6) is 1.83. The second kappa shape index (κ2) is 8.95. The van der Waals surface area contributed by atoms with Crippen molar-refractivity contribution in [2.45, 2.75) is 0 Å². The number of benzene rings is 5. The summed E-state index contributed by atoms with van der Waals surface area (Å²) in [4.78, 5) is 15.0. The first-order valence-electron chi connectivity index (χ1n) is 12.6. The molecule has 0 amide bonds. The van der Waals surface area contributed by atoms with E-state index in [4.69, 9.17) is 26.6 Å². The quantitative estimate of drug-likeness (QED) is 0.217. The summed E-state index contributed by atoms with van der Waals surface area (Å²) in [6.45, 7) is 0. The van der Waals surface area contributed by atoms with Gasteiger partial charge in [0.15, 0.2) is 17.5 Å². The monoisotopic (exact) mass is 555 g/mol. The van der Waals surface area contributed by atoms with Gasteiger partial charge in [-0.15, -0.1) is 22.7 Å². The molecule has 0 aliphatic heterocycles. The number of thiophene rings is 2. The number of hydrogen-bond donors (Lipinski definition) is 0. The van der Waals surface area contributed by atoms with Crippen LogP contribution in [0.2, 0.25) is 5.02 Å². The minimum absolute atomic E-state index is 0.567. The Balaban J connectivity index is 1.43. The fourth-order valence-electron chi connectivity index (χ4n) is 5.24. The third-order valence-corrected chi connectivity index (χ3v) is 9.70. The minimum atomic E-state index is 0.567. The number of rotatable bonds is 3. The molecule has 0 saturated heterocycles. The van der Waals surface area contributed by atoms with Crippen molar-refractivity contribution in [3.63, 3.8) is 0 Å². The normalized spacial score (nSPS) is 11.7. The molecule has 0 aliphatic carbocycles. The first kappa shape index (κ1) is 22.8. The van der Waals surface area contributed by atoms with Gasteiger partial charge in [-0.05, 0) is 30.3 Å². The molecule has 3 nitrogen and oxygen atoms in total. The second-order valence-electron chi connectivity index (χ2n) is 9.35. The summed E-state index contributed by atoms with van der Waals surface area (Å²) in [6, 6.07) is 37.4. The molecule has 0 fully saturated rings. The van der Waals surface area contributed by atoms with Crippen LogP contribution < -0.4 is 0 Å². The van der Waals surface area contributed by atoms with E-state index in [-0.39, 0.29) is 0 Å². The van der Waals surface area contributed by atoms with Gasteiger partial charge in [0, 0.05) is 57.0 Å². The molecule has 8 aromatic rings. The summed E-state index contributed by atoms with van der Waals surface area (Å²) in [6.07, 6.45) is 0. The number of hydrogen-bond acceptors (Lipinski definition) is 5. The molecule has 0 aliphatic rings. The molecule has 5 aromatic carbocycles. The van der Waals surface area contributed by atoms with Gasteiger partial charge >= 0.3 is 0 Å². The zero-order valence-corrected chi connectivity index (χ0v) is 22.8. The Morgan fingerprint density at radius 1 is 0.436 bits per heavy atom. The van der Waals surface area contributed by atoms with E-state index in [1.807, 2.05) is 36.4 Å². The van der Waals surface area contributed by atoms with E-state index in [1.54, 1.807) is 22.7 Å². The molecular weight excluding hydrogens is 538 g/mol. The standard InChI is InChI=1S/C33H18ClN3S2/c34-30-23(17-18-27-29(30)21-12-5-7-15-25(21)39-27)33-36-31(19-9-2-1-3-10-19)35-32(37-33)22-13-8-16-26-28(22)20-11-4-6-14-24(20)38-26/h1-18H. The van der Waals surface area contributed by atoms with Crippen LogP contribution in [0, 0.1) is 0 Å². The third-order valence-electron chi connectivity index (χ3n) is 7.03. The Morgan fingerprint density at radius 2 is 1.00 bits per heavy atom. The Labute approximate surface area is 237 Å². The van der Waals surface area contributed by atoms with Crippen molar-refractivity contribution in [3.8, 4) is 34.2 Å². The fourth-order valence-corrected chi connectivity index (χ4v) is 7.89. The molecule has 184 valence electrons. The van der Waals surface area contributed by atoms with E-state index < -0.39 is 0 Å². The van der Waals surface area contributed by atoms with E-state index in [1.165, 1.54) is 24.9 Å². The lowest BCUT2D eigenvalue weighted by atomic mass is 10.1. The maximum absolute atomic E-state index is 7.16. The van der Waals surface area contributed by atoms with Crippen LogP contribution in [0.1, 0.15) is 0 Å². The highest BCUT2D eigenvalue weighted by Gasteiger charge is 2.19. The SMILES string of the molecule is Clc1c(-c2nc(-c3ccccc3)nc(-c3cccc4sc5ccccc5c34)n2)ccc2sc3ccccc3c12. The van der Waals surface area contributed by atoms with E-state index in [0.29, 0.717) is 22.5 Å². The van der Waals surface area contributed by atoms with E-state index >= 15 is 0 Å². The summed E-state index contributed by atoms with van der Waals surface area (Å²) in [7, 11) is 0. The number of aromatic nitrogens is 3. The van der Waals surface area contributed by atoms with Crippen molar-refractivity contribution in [1.82, 2.24) is 15.0 Å². The molecule has 3 heterocycles. The molecule has 0 N–H and O–H groups in total. The average Bonchev–Trinajstić information content (AvgIpc) is 3.56. The molecule has 0 unspecified atom stereocenters. The van der Waals surface area contributed by atoms with Crippen LogP contribution >= 0.6 is 34.3 Å². The topological polar surface area (TPSA) is 38.7 Å². The van der Waals surface area contributed by atoms with Gasteiger partial charge in [-0.25, -0.2) is 15.0 Å². The Hall–Kier alpha value is -4.16. The maximum Gasteiger partial charge on any atom is 0.165 e. The van der Waals surface area contributed by atoms with Crippen LogP contribution in [0.4, 0.5) is 0 Å². The Bertz CT molecular complexity index is 2200. The third kappa shape index (κ3) is 3.66. The number of nitrogens with zero attached hydrogens (tertiary/aromatic N) is 3. The summed E-state index contributed by atoms with van der Waals surface area (Å²) >= 11 is 10.7. The fraction of sp³-hybridized carbons (Fsp3) is 0. The van der Waals surface area contributed by atoms with E-state index in [2.05, 4.69) is 72.8 Å². The van der Waals surface area contributed by atoms with Gasteiger partial charge < -0.3 is 0 Å². The van der Waals surface area contributed by atoms with Gasteiger partial charge in [-0.2, -0.15) is 0 Å².